The Morgan fingerprint density at radius 1 is 1.36 bits per heavy atom. The zero-order chi connectivity index (χ0) is 20.3. The second-order valence-corrected chi connectivity index (χ2v) is 6.99. The highest BCUT2D eigenvalue weighted by atomic mass is 16.5. The van der Waals surface area contributed by atoms with E-state index in [1.54, 1.807) is 39.2 Å². The molecule has 0 saturated heterocycles. The maximum Gasteiger partial charge on any atom is 0.253 e. The lowest BCUT2D eigenvalue weighted by molar-refractivity contribution is -0.121. The minimum Gasteiger partial charge on any atom is -0.489 e. The van der Waals surface area contributed by atoms with Crippen LogP contribution in [0.5, 0.6) is 5.75 Å². The van der Waals surface area contributed by atoms with Crippen LogP contribution in [-0.4, -0.2) is 67.2 Å². The third-order valence-corrected chi connectivity index (χ3v) is 4.63. The van der Waals surface area contributed by atoms with Crippen molar-refractivity contribution in [2.45, 2.75) is 25.8 Å². The molecular formula is C19H25N5O4. The molecule has 1 N–H and O–H groups in total. The molecule has 2 aromatic rings. The third-order valence-electron chi connectivity index (χ3n) is 4.63. The zero-order valence-electron chi connectivity index (χ0n) is 16.6. The molecule has 1 aromatic heterocycles. The van der Waals surface area contributed by atoms with Crippen LogP contribution in [0, 0.1) is 6.92 Å². The molecule has 0 saturated carbocycles. The summed E-state index contributed by atoms with van der Waals surface area (Å²) in [5, 5.41) is 6.68. The average molecular weight is 387 g/mol. The molecule has 0 unspecified atom stereocenters. The SMILES string of the molecule is Cc1nc(CCNC(=O)C[C@@H]2COc3ccc(C(=O)N(C)C)cc3N2C)no1. The molecule has 1 atom stereocenters. The van der Waals surface area contributed by atoms with Gasteiger partial charge in [0.2, 0.25) is 11.8 Å². The Bertz CT molecular complexity index is 864. The number of nitrogens with one attached hydrogen (secondary N) is 1. The van der Waals surface area contributed by atoms with Gasteiger partial charge in [-0.1, -0.05) is 5.16 Å². The first kappa shape index (κ1) is 19.7. The molecule has 2 amide bonds. The number of rotatable bonds is 6. The Labute approximate surface area is 163 Å². The smallest absolute Gasteiger partial charge is 0.253 e. The van der Waals surface area contributed by atoms with Crippen LogP contribution < -0.4 is 15.0 Å². The van der Waals surface area contributed by atoms with Crippen LogP contribution in [0.1, 0.15) is 28.5 Å². The van der Waals surface area contributed by atoms with Crippen molar-refractivity contribution < 1.29 is 18.8 Å². The molecule has 1 aliphatic heterocycles. The van der Waals surface area contributed by atoms with Crippen LogP contribution in [0.2, 0.25) is 0 Å². The van der Waals surface area contributed by atoms with E-state index in [0.29, 0.717) is 42.6 Å². The van der Waals surface area contributed by atoms with Gasteiger partial charge in [-0.2, -0.15) is 4.98 Å². The van der Waals surface area contributed by atoms with Crippen LogP contribution in [0.4, 0.5) is 5.69 Å². The van der Waals surface area contributed by atoms with Gasteiger partial charge in [0.15, 0.2) is 5.82 Å². The molecule has 0 bridgehead atoms. The number of likely N-dealkylation sites (N-methyl/N-ethyl adjacent to an activating group) is 1. The van der Waals surface area contributed by atoms with Crippen LogP contribution in [0.25, 0.3) is 0 Å². The van der Waals surface area contributed by atoms with Crippen molar-refractivity contribution >= 4 is 17.5 Å². The van der Waals surface area contributed by atoms with Gasteiger partial charge < -0.3 is 24.4 Å². The molecule has 150 valence electrons. The van der Waals surface area contributed by atoms with E-state index in [-0.39, 0.29) is 24.3 Å². The van der Waals surface area contributed by atoms with E-state index in [1.807, 2.05) is 11.9 Å². The maximum atomic E-state index is 12.3. The van der Waals surface area contributed by atoms with E-state index in [1.165, 1.54) is 4.90 Å². The maximum absolute atomic E-state index is 12.3. The van der Waals surface area contributed by atoms with Gasteiger partial charge in [0.25, 0.3) is 5.91 Å². The van der Waals surface area contributed by atoms with Crippen molar-refractivity contribution in [3.63, 3.8) is 0 Å². The topological polar surface area (TPSA) is 101 Å². The molecule has 0 radical (unpaired) electrons. The van der Waals surface area contributed by atoms with E-state index in [9.17, 15) is 9.59 Å². The van der Waals surface area contributed by atoms with E-state index in [4.69, 9.17) is 9.26 Å². The minimum atomic E-state index is -0.121. The third kappa shape index (κ3) is 4.41. The number of fused-ring (bicyclic) bond motifs is 1. The molecule has 3 rings (SSSR count). The molecule has 0 aliphatic carbocycles. The first-order valence-electron chi connectivity index (χ1n) is 9.12. The van der Waals surface area contributed by atoms with Gasteiger partial charge in [-0.15, -0.1) is 0 Å². The lowest BCUT2D eigenvalue weighted by atomic mass is 10.1. The number of amides is 2. The van der Waals surface area contributed by atoms with Crippen LogP contribution >= 0.6 is 0 Å². The van der Waals surface area contributed by atoms with Crippen molar-refractivity contribution in [2.75, 3.05) is 39.2 Å². The van der Waals surface area contributed by atoms with Gasteiger partial charge >= 0.3 is 0 Å². The fourth-order valence-corrected chi connectivity index (χ4v) is 3.04. The lowest BCUT2D eigenvalue weighted by Crippen LogP contribution is -2.44. The van der Waals surface area contributed by atoms with Gasteiger partial charge in [0.05, 0.1) is 18.2 Å². The van der Waals surface area contributed by atoms with Gasteiger partial charge in [-0.3, -0.25) is 9.59 Å². The largest absolute Gasteiger partial charge is 0.489 e. The molecule has 0 fully saturated rings. The molecule has 1 aromatic carbocycles. The highest BCUT2D eigenvalue weighted by Crippen LogP contribution is 2.34. The summed E-state index contributed by atoms with van der Waals surface area (Å²) in [7, 11) is 5.33. The summed E-state index contributed by atoms with van der Waals surface area (Å²) in [5.74, 6) is 1.63. The van der Waals surface area contributed by atoms with Crippen molar-refractivity contribution in [1.82, 2.24) is 20.4 Å². The van der Waals surface area contributed by atoms with Crippen molar-refractivity contribution in [1.29, 1.82) is 0 Å². The summed E-state index contributed by atoms with van der Waals surface area (Å²) in [6.45, 7) is 2.57. The molecule has 0 spiro atoms. The Morgan fingerprint density at radius 2 is 2.14 bits per heavy atom. The number of aryl methyl sites for hydroxylation is 1. The van der Waals surface area contributed by atoms with Crippen LogP contribution in [0.15, 0.2) is 22.7 Å². The summed E-state index contributed by atoms with van der Waals surface area (Å²) in [5.41, 5.74) is 1.39. The molecular weight excluding hydrogens is 362 g/mol. The number of hydrogen-bond acceptors (Lipinski definition) is 7. The Morgan fingerprint density at radius 3 is 2.82 bits per heavy atom. The van der Waals surface area contributed by atoms with Crippen LogP contribution in [0.3, 0.4) is 0 Å². The Kier molecular flexibility index (Phi) is 5.81. The lowest BCUT2D eigenvalue weighted by Gasteiger charge is -2.35. The summed E-state index contributed by atoms with van der Waals surface area (Å²) in [6, 6.07) is 5.23. The molecule has 1 aliphatic rings. The average Bonchev–Trinajstić information content (AvgIpc) is 3.08. The summed E-state index contributed by atoms with van der Waals surface area (Å²) in [6.07, 6.45) is 0.798. The molecule has 28 heavy (non-hydrogen) atoms. The predicted molar refractivity (Wildman–Crippen MR) is 103 cm³/mol. The van der Waals surface area contributed by atoms with Crippen molar-refractivity contribution in [2.24, 2.45) is 0 Å². The van der Waals surface area contributed by atoms with E-state index in [0.717, 1.165) is 5.69 Å². The highest BCUT2D eigenvalue weighted by Gasteiger charge is 2.27. The van der Waals surface area contributed by atoms with Crippen LogP contribution in [-0.2, 0) is 11.2 Å². The molecule has 9 heteroatoms. The van der Waals surface area contributed by atoms with Gasteiger partial charge in [-0.25, -0.2) is 0 Å². The van der Waals surface area contributed by atoms with E-state index < -0.39 is 0 Å². The highest BCUT2D eigenvalue weighted by molar-refractivity contribution is 5.95. The fourth-order valence-electron chi connectivity index (χ4n) is 3.04. The second-order valence-electron chi connectivity index (χ2n) is 6.99. The Hall–Kier alpha value is -3.10. The number of nitrogens with zero attached hydrogens (tertiary/aromatic N) is 4. The van der Waals surface area contributed by atoms with Gasteiger partial charge in [0.1, 0.15) is 12.4 Å². The minimum absolute atomic E-state index is 0.0761. The number of hydrogen-bond donors (Lipinski definition) is 1. The summed E-state index contributed by atoms with van der Waals surface area (Å²) in [4.78, 5) is 32.2. The normalized spacial score (nSPS) is 15.6. The number of benzene rings is 1. The van der Waals surface area contributed by atoms with Gasteiger partial charge in [-0.05, 0) is 18.2 Å². The number of aromatic nitrogens is 2. The second kappa shape index (κ2) is 8.28. The molecule has 2 heterocycles. The van der Waals surface area contributed by atoms with E-state index in [2.05, 4.69) is 15.5 Å². The monoisotopic (exact) mass is 387 g/mol. The number of carbonyl (C=O) groups is 2. The number of ether oxygens (including phenoxy) is 1. The van der Waals surface area contributed by atoms with Crippen molar-refractivity contribution in [3.8, 4) is 5.75 Å². The first-order chi connectivity index (χ1) is 13.3. The summed E-state index contributed by atoms with van der Waals surface area (Å²) >= 11 is 0. The fraction of sp³-hybridized carbons (Fsp3) is 0.474. The number of anilines is 1. The van der Waals surface area contributed by atoms with Gasteiger partial charge in [0, 0.05) is 46.6 Å². The van der Waals surface area contributed by atoms with E-state index >= 15 is 0 Å². The Balaban J connectivity index is 1.58. The molecule has 9 nitrogen and oxygen atoms in total. The quantitative estimate of drug-likeness (QED) is 0.790. The summed E-state index contributed by atoms with van der Waals surface area (Å²) < 4.78 is 10.7. The number of carbonyl (C=O) groups excluding carboxylic acids is 2. The zero-order valence-corrected chi connectivity index (χ0v) is 16.6. The standard InChI is InChI=1S/C19H25N5O4/c1-12-21-17(22-28-12)7-8-20-18(25)10-14-11-27-16-6-5-13(19(26)23(2)3)9-15(16)24(14)4/h5-6,9,14H,7-8,10-11H2,1-4H3,(H,20,25)/t14-/m1/s1. The van der Waals surface area contributed by atoms with Crippen molar-refractivity contribution in [3.05, 3.63) is 35.5 Å². The predicted octanol–water partition coefficient (Wildman–Crippen LogP) is 1.03. The first-order valence-corrected chi connectivity index (χ1v) is 9.12.